The van der Waals surface area contributed by atoms with E-state index in [4.69, 9.17) is 5.10 Å². The molecule has 3 heterocycles. The van der Waals surface area contributed by atoms with Gasteiger partial charge in [-0.2, -0.15) is 5.10 Å². The summed E-state index contributed by atoms with van der Waals surface area (Å²) in [5, 5.41) is 4.95. The quantitative estimate of drug-likeness (QED) is 0.219. The van der Waals surface area contributed by atoms with E-state index in [9.17, 15) is 4.79 Å². The Hall–Kier alpha value is -2.44. The third kappa shape index (κ3) is 9.32. The van der Waals surface area contributed by atoms with E-state index in [2.05, 4.69) is 73.3 Å². The molecule has 39 heavy (non-hydrogen) atoms. The monoisotopic (exact) mass is 594 g/mol. The zero-order valence-corrected chi connectivity index (χ0v) is 26.2. The number of rotatable bonds is 13. The summed E-state index contributed by atoms with van der Waals surface area (Å²) in [5.74, 6) is 1.21. The van der Waals surface area contributed by atoms with Crippen LogP contribution in [0, 0.1) is 11.8 Å². The first-order chi connectivity index (χ1) is 18.7. The number of likely N-dealkylation sites (tertiary alicyclic amines) is 1. The van der Waals surface area contributed by atoms with Crippen molar-refractivity contribution < 1.29 is 4.79 Å². The van der Waals surface area contributed by atoms with Crippen LogP contribution in [-0.4, -0.2) is 58.0 Å². The van der Waals surface area contributed by atoms with Crippen molar-refractivity contribution in [2.45, 2.75) is 66.7 Å². The van der Waals surface area contributed by atoms with Crippen LogP contribution in [0.25, 0.3) is 17.2 Å². The largest absolute Gasteiger partial charge is 0.339 e. The molecule has 212 valence electrons. The number of carbonyl (C=O) groups is 1. The number of halogens is 1. The van der Waals surface area contributed by atoms with Crippen molar-refractivity contribution in [3.05, 3.63) is 70.5 Å². The number of amides is 1. The Kier molecular flexibility index (Phi) is 12.3. The minimum absolute atomic E-state index is 0.103. The van der Waals surface area contributed by atoms with E-state index in [1.807, 2.05) is 46.8 Å². The van der Waals surface area contributed by atoms with Crippen molar-refractivity contribution >= 4 is 39.0 Å². The lowest BCUT2D eigenvalue weighted by Crippen LogP contribution is -2.34. The Labute approximate surface area is 244 Å². The molecular formula is C33H47BrN4O. The smallest absolute Gasteiger partial charge is 0.253 e. The molecule has 3 rings (SSSR count). The predicted molar refractivity (Wildman–Crippen MR) is 170 cm³/mol. The summed E-state index contributed by atoms with van der Waals surface area (Å²) in [6.45, 7) is 19.6. The molecule has 0 radical (unpaired) electrons. The lowest BCUT2D eigenvalue weighted by molar-refractivity contribution is 0.0741. The van der Waals surface area contributed by atoms with E-state index in [0.29, 0.717) is 11.8 Å². The lowest BCUT2D eigenvalue weighted by Gasteiger charge is -2.25. The predicted octanol–water partition coefficient (Wildman–Crippen LogP) is 8.24. The van der Waals surface area contributed by atoms with Crippen LogP contribution >= 0.6 is 15.9 Å². The maximum Gasteiger partial charge on any atom is 0.253 e. The molecule has 1 aliphatic rings. The Morgan fingerprint density at radius 3 is 2.36 bits per heavy atom. The van der Waals surface area contributed by atoms with Crippen LogP contribution < -0.4 is 0 Å². The molecular weight excluding hydrogens is 548 g/mol. The van der Waals surface area contributed by atoms with Gasteiger partial charge in [-0.3, -0.25) is 9.69 Å². The van der Waals surface area contributed by atoms with E-state index >= 15 is 0 Å². The minimum atomic E-state index is 0.103. The van der Waals surface area contributed by atoms with Gasteiger partial charge in [0.25, 0.3) is 5.91 Å². The standard InChI is InChI=1S/C33H47BrN4O/c1-7-28(14-13-27(6)34)32-30(12-11-20-36-18-9-8-10-19-36)31-24-29(17-23-38(31)35-32)33(39)37(21-15-25(2)3)22-16-26(4)5/h7,11-14,17,23-26H,6,8-10,15-16,18-22H2,1-5H3. The molecule has 1 amide bonds. The van der Waals surface area contributed by atoms with Crippen molar-refractivity contribution in [1.29, 1.82) is 0 Å². The number of nitrogens with zero attached hydrogens (tertiary/aromatic N) is 4. The second kappa shape index (κ2) is 15.4. The third-order valence-corrected chi connectivity index (χ3v) is 7.55. The molecule has 0 unspecified atom stereocenters. The first kappa shape index (κ1) is 31.1. The maximum absolute atomic E-state index is 13.8. The Balaban J connectivity index is 2.01. The molecule has 5 nitrogen and oxygen atoms in total. The number of aromatic nitrogens is 2. The average molecular weight is 596 g/mol. The van der Waals surface area contributed by atoms with Crippen LogP contribution in [0.2, 0.25) is 0 Å². The number of hydrogen-bond donors (Lipinski definition) is 0. The summed E-state index contributed by atoms with van der Waals surface area (Å²) in [6.07, 6.45) is 18.3. The number of allylic oxidation sites excluding steroid dienone is 5. The lowest BCUT2D eigenvalue weighted by atomic mass is 10.0. The number of pyridine rings is 1. The van der Waals surface area contributed by atoms with Gasteiger partial charge in [-0.05, 0) is 81.3 Å². The zero-order valence-electron chi connectivity index (χ0n) is 24.6. The fourth-order valence-electron chi connectivity index (χ4n) is 4.85. The molecule has 0 aromatic carbocycles. The van der Waals surface area contributed by atoms with Gasteiger partial charge in [-0.25, -0.2) is 4.52 Å². The molecule has 0 atom stereocenters. The average Bonchev–Trinajstić information content (AvgIpc) is 3.26. The SMILES string of the molecule is C=C(Br)C=CC(=CC)c1nn2ccc(C(=O)N(CCC(C)C)CCC(C)C)cc2c1C=CCN1CCCCC1. The fourth-order valence-corrected chi connectivity index (χ4v) is 4.99. The summed E-state index contributed by atoms with van der Waals surface area (Å²) in [7, 11) is 0. The maximum atomic E-state index is 13.8. The molecule has 1 aliphatic heterocycles. The van der Waals surface area contributed by atoms with Gasteiger partial charge in [0.05, 0.1) is 5.52 Å². The van der Waals surface area contributed by atoms with Gasteiger partial charge in [0.2, 0.25) is 0 Å². The number of piperidine rings is 1. The van der Waals surface area contributed by atoms with Gasteiger partial charge < -0.3 is 4.90 Å². The number of carbonyl (C=O) groups excluding carboxylic acids is 1. The van der Waals surface area contributed by atoms with Crippen molar-refractivity contribution in [3.63, 3.8) is 0 Å². The fraction of sp³-hybridized carbons (Fsp3) is 0.515. The third-order valence-electron chi connectivity index (χ3n) is 7.29. The molecule has 0 N–H and O–H groups in total. The Morgan fingerprint density at radius 2 is 1.77 bits per heavy atom. The van der Waals surface area contributed by atoms with Crippen LogP contribution in [0.1, 0.15) is 88.3 Å². The number of hydrogen-bond acceptors (Lipinski definition) is 3. The number of fused-ring (bicyclic) bond motifs is 1. The van der Waals surface area contributed by atoms with Crippen LogP contribution in [0.3, 0.4) is 0 Å². The summed E-state index contributed by atoms with van der Waals surface area (Å²) in [5.41, 5.74) is 4.62. The van der Waals surface area contributed by atoms with Gasteiger partial charge in [0, 0.05) is 41.4 Å². The van der Waals surface area contributed by atoms with Crippen molar-refractivity contribution in [2.75, 3.05) is 32.7 Å². The van der Waals surface area contributed by atoms with Gasteiger partial charge in [0.1, 0.15) is 5.69 Å². The van der Waals surface area contributed by atoms with Gasteiger partial charge in [-0.1, -0.05) is 80.9 Å². The summed E-state index contributed by atoms with van der Waals surface area (Å²) < 4.78 is 2.71. The zero-order chi connectivity index (χ0) is 28.4. The molecule has 1 fully saturated rings. The molecule has 0 bridgehead atoms. The molecule has 2 aromatic heterocycles. The summed E-state index contributed by atoms with van der Waals surface area (Å²) in [4.78, 5) is 18.3. The summed E-state index contributed by atoms with van der Waals surface area (Å²) >= 11 is 3.43. The van der Waals surface area contributed by atoms with Crippen LogP contribution in [0.4, 0.5) is 0 Å². The van der Waals surface area contributed by atoms with Crippen LogP contribution in [-0.2, 0) is 0 Å². The second-order valence-corrected chi connectivity index (χ2v) is 12.5. The van der Waals surface area contributed by atoms with Gasteiger partial charge >= 0.3 is 0 Å². The molecule has 2 aromatic rings. The van der Waals surface area contributed by atoms with Crippen molar-refractivity contribution in [3.8, 4) is 0 Å². The molecule has 0 saturated carbocycles. The first-order valence-electron chi connectivity index (χ1n) is 14.6. The molecule has 0 aliphatic carbocycles. The van der Waals surface area contributed by atoms with E-state index < -0.39 is 0 Å². The van der Waals surface area contributed by atoms with Crippen LogP contribution in [0.15, 0.2) is 53.7 Å². The highest BCUT2D eigenvalue weighted by molar-refractivity contribution is 9.11. The van der Waals surface area contributed by atoms with Gasteiger partial charge in [-0.15, -0.1) is 0 Å². The Morgan fingerprint density at radius 1 is 1.10 bits per heavy atom. The Bertz CT molecular complexity index is 1190. The first-order valence-corrected chi connectivity index (χ1v) is 15.4. The highest BCUT2D eigenvalue weighted by atomic mass is 79.9. The highest BCUT2D eigenvalue weighted by Gasteiger charge is 2.20. The minimum Gasteiger partial charge on any atom is -0.339 e. The topological polar surface area (TPSA) is 40.9 Å². The van der Waals surface area contributed by atoms with E-state index in [0.717, 1.165) is 78.0 Å². The highest BCUT2D eigenvalue weighted by Crippen LogP contribution is 2.27. The van der Waals surface area contributed by atoms with Crippen molar-refractivity contribution in [2.24, 2.45) is 11.8 Å². The van der Waals surface area contributed by atoms with Crippen molar-refractivity contribution in [1.82, 2.24) is 19.4 Å². The molecule has 6 heteroatoms. The van der Waals surface area contributed by atoms with Gasteiger partial charge in [0.15, 0.2) is 0 Å². The normalized spacial score (nSPS) is 15.4. The van der Waals surface area contributed by atoms with E-state index in [-0.39, 0.29) is 5.91 Å². The second-order valence-electron chi connectivity index (χ2n) is 11.5. The summed E-state index contributed by atoms with van der Waals surface area (Å²) in [6, 6.07) is 3.94. The molecule has 1 saturated heterocycles. The molecule has 0 spiro atoms. The van der Waals surface area contributed by atoms with Crippen LogP contribution in [0.5, 0.6) is 0 Å². The van der Waals surface area contributed by atoms with E-state index in [1.165, 1.54) is 19.3 Å². The van der Waals surface area contributed by atoms with E-state index in [1.54, 1.807) is 0 Å².